The number of piperidine rings is 1. The number of aromatic nitrogens is 2. The minimum atomic E-state index is -3.51. The van der Waals surface area contributed by atoms with E-state index in [0.717, 1.165) is 42.0 Å². The summed E-state index contributed by atoms with van der Waals surface area (Å²) in [7, 11) is -3.51. The lowest BCUT2D eigenvalue weighted by atomic mass is 10.2. The number of hydrogen-bond donors (Lipinski definition) is 1. The van der Waals surface area contributed by atoms with Crippen molar-refractivity contribution in [1.82, 2.24) is 14.5 Å². The number of nitrogens with one attached hydrogen (secondary N) is 1. The van der Waals surface area contributed by atoms with E-state index in [1.54, 1.807) is 0 Å². The van der Waals surface area contributed by atoms with Crippen molar-refractivity contribution in [3.05, 3.63) is 21.3 Å². The van der Waals surface area contributed by atoms with E-state index in [1.807, 2.05) is 6.92 Å². The van der Waals surface area contributed by atoms with Gasteiger partial charge in [-0.15, -0.1) is 21.5 Å². The van der Waals surface area contributed by atoms with Gasteiger partial charge in [0.1, 0.15) is 5.01 Å². The highest BCUT2D eigenvalue weighted by atomic mass is 32.2. The molecule has 24 heavy (non-hydrogen) atoms. The monoisotopic (exact) mass is 386 g/mol. The van der Waals surface area contributed by atoms with Gasteiger partial charge in [-0.1, -0.05) is 24.7 Å². The molecule has 10 heteroatoms. The fourth-order valence-corrected chi connectivity index (χ4v) is 5.78. The summed E-state index contributed by atoms with van der Waals surface area (Å²) in [5.41, 5.74) is 0. The molecule has 1 N–H and O–H groups in total. The second-order valence-corrected chi connectivity index (χ2v) is 9.33. The minimum Gasteiger partial charge on any atom is -0.296 e. The van der Waals surface area contributed by atoms with Gasteiger partial charge in [0.15, 0.2) is 0 Å². The molecule has 2 aromatic heterocycles. The van der Waals surface area contributed by atoms with E-state index >= 15 is 0 Å². The molecule has 7 nitrogen and oxygen atoms in total. The van der Waals surface area contributed by atoms with E-state index in [-0.39, 0.29) is 10.8 Å². The maximum atomic E-state index is 12.6. The van der Waals surface area contributed by atoms with Crippen LogP contribution >= 0.6 is 22.7 Å². The summed E-state index contributed by atoms with van der Waals surface area (Å²) in [6.45, 7) is 3.05. The summed E-state index contributed by atoms with van der Waals surface area (Å²) in [5.74, 6) is -0.362. The van der Waals surface area contributed by atoms with Crippen molar-refractivity contribution in [2.45, 2.75) is 37.5 Å². The molecule has 0 aliphatic carbocycles. The van der Waals surface area contributed by atoms with Crippen molar-refractivity contribution in [2.24, 2.45) is 0 Å². The van der Waals surface area contributed by atoms with Crippen LogP contribution in [0.5, 0.6) is 0 Å². The molecule has 3 rings (SSSR count). The molecule has 0 unspecified atom stereocenters. The average molecular weight is 387 g/mol. The Bertz CT molecular complexity index is 822. The average Bonchev–Trinajstić information content (AvgIpc) is 3.25. The van der Waals surface area contributed by atoms with Crippen molar-refractivity contribution in [3.63, 3.8) is 0 Å². The Morgan fingerprint density at radius 2 is 2.04 bits per heavy atom. The number of rotatable bonds is 5. The molecule has 1 fully saturated rings. The highest BCUT2D eigenvalue weighted by molar-refractivity contribution is 7.89. The first-order chi connectivity index (χ1) is 11.5. The topological polar surface area (TPSA) is 92.3 Å². The van der Waals surface area contributed by atoms with Crippen LogP contribution in [0.1, 0.15) is 40.9 Å². The van der Waals surface area contributed by atoms with Crippen LogP contribution in [0, 0.1) is 0 Å². The van der Waals surface area contributed by atoms with Crippen LogP contribution in [0.25, 0.3) is 0 Å². The van der Waals surface area contributed by atoms with Gasteiger partial charge in [0, 0.05) is 18.5 Å². The predicted molar refractivity (Wildman–Crippen MR) is 94.2 cm³/mol. The molecule has 0 aromatic carbocycles. The van der Waals surface area contributed by atoms with Crippen LogP contribution in [-0.4, -0.2) is 41.9 Å². The molecule has 0 saturated carbocycles. The lowest BCUT2D eigenvalue weighted by molar-refractivity contribution is 0.103. The highest BCUT2D eigenvalue weighted by Crippen LogP contribution is 2.26. The Morgan fingerprint density at radius 3 is 2.71 bits per heavy atom. The molecule has 130 valence electrons. The maximum Gasteiger partial charge on any atom is 0.267 e. The quantitative estimate of drug-likeness (QED) is 0.853. The van der Waals surface area contributed by atoms with E-state index in [1.165, 1.54) is 27.1 Å². The normalized spacial score (nSPS) is 16.2. The van der Waals surface area contributed by atoms with Gasteiger partial charge in [0.2, 0.25) is 15.2 Å². The maximum absolute atomic E-state index is 12.6. The molecular weight excluding hydrogens is 368 g/mol. The fraction of sp³-hybridized carbons (Fsp3) is 0.500. The van der Waals surface area contributed by atoms with Crippen LogP contribution in [0.15, 0.2) is 16.3 Å². The van der Waals surface area contributed by atoms with Gasteiger partial charge in [0.05, 0.1) is 9.77 Å². The largest absolute Gasteiger partial charge is 0.296 e. The SMILES string of the molecule is CCc1nnc(NC(=O)c2cc(S(=O)(=O)N3CCCCC3)cs2)s1. The summed E-state index contributed by atoms with van der Waals surface area (Å²) in [6.07, 6.45) is 3.58. The molecule has 3 heterocycles. The van der Waals surface area contributed by atoms with Crippen molar-refractivity contribution in [2.75, 3.05) is 18.4 Å². The zero-order chi connectivity index (χ0) is 17.2. The molecule has 2 aromatic rings. The van der Waals surface area contributed by atoms with Gasteiger partial charge in [-0.2, -0.15) is 4.31 Å². The van der Waals surface area contributed by atoms with Gasteiger partial charge < -0.3 is 0 Å². The van der Waals surface area contributed by atoms with Crippen LogP contribution in [0.4, 0.5) is 5.13 Å². The van der Waals surface area contributed by atoms with Crippen LogP contribution in [-0.2, 0) is 16.4 Å². The predicted octanol–water partition coefficient (Wildman–Crippen LogP) is 2.59. The zero-order valence-electron chi connectivity index (χ0n) is 13.2. The van der Waals surface area contributed by atoms with E-state index in [4.69, 9.17) is 0 Å². The third-order valence-electron chi connectivity index (χ3n) is 3.74. The highest BCUT2D eigenvalue weighted by Gasteiger charge is 2.27. The third-order valence-corrected chi connectivity index (χ3v) is 7.68. The Balaban J connectivity index is 1.73. The lowest BCUT2D eigenvalue weighted by Crippen LogP contribution is -2.35. The summed E-state index contributed by atoms with van der Waals surface area (Å²) in [4.78, 5) is 12.8. The molecule has 1 aliphatic rings. The third kappa shape index (κ3) is 3.66. The standard InChI is InChI=1S/C14H18N4O3S3/c1-2-12-16-17-14(23-12)15-13(19)11-8-10(9-22-11)24(20,21)18-6-4-3-5-7-18/h8-9H,2-7H2,1H3,(H,15,17,19). The molecule has 1 amide bonds. The number of hydrogen-bond acceptors (Lipinski definition) is 7. The molecular formula is C14H18N4O3S3. The van der Waals surface area contributed by atoms with Crippen molar-refractivity contribution in [1.29, 1.82) is 0 Å². The van der Waals surface area contributed by atoms with Gasteiger partial charge >= 0.3 is 0 Å². The Labute approximate surface area is 148 Å². The first kappa shape index (κ1) is 17.5. The van der Waals surface area contributed by atoms with Crippen LogP contribution < -0.4 is 5.32 Å². The summed E-state index contributed by atoms with van der Waals surface area (Å²) in [5, 5.41) is 13.3. The Kier molecular flexibility index (Phi) is 5.28. The van der Waals surface area contributed by atoms with Crippen LogP contribution in [0.2, 0.25) is 0 Å². The molecule has 0 radical (unpaired) electrons. The van der Waals surface area contributed by atoms with E-state index < -0.39 is 10.0 Å². The minimum absolute atomic E-state index is 0.186. The molecule has 1 saturated heterocycles. The summed E-state index contributed by atoms with van der Waals surface area (Å²) in [6, 6.07) is 1.44. The number of thiophene rings is 1. The van der Waals surface area contributed by atoms with E-state index in [9.17, 15) is 13.2 Å². The Hall–Kier alpha value is -1.36. The fourth-order valence-electron chi connectivity index (χ4n) is 2.43. The van der Waals surface area contributed by atoms with Crippen molar-refractivity contribution < 1.29 is 13.2 Å². The number of anilines is 1. The smallest absolute Gasteiger partial charge is 0.267 e. The number of sulfonamides is 1. The van der Waals surface area contributed by atoms with Crippen LogP contribution in [0.3, 0.4) is 0 Å². The molecule has 0 spiro atoms. The Morgan fingerprint density at radius 1 is 1.29 bits per heavy atom. The second kappa shape index (κ2) is 7.26. The molecule has 0 bridgehead atoms. The summed E-state index contributed by atoms with van der Waals surface area (Å²) >= 11 is 2.43. The van der Waals surface area contributed by atoms with Crippen molar-refractivity contribution in [3.8, 4) is 0 Å². The first-order valence-electron chi connectivity index (χ1n) is 7.73. The van der Waals surface area contributed by atoms with Gasteiger partial charge in [0.25, 0.3) is 5.91 Å². The van der Waals surface area contributed by atoms with Gasteiger partial charge in [-0.3, -0.25) is 10.1 Å². The number of nitrogens with zero attached hydrogens (tertiary/aromatic N) is 3. The van der Waals surface area contributed by atoms with Gasteiger partial charge in [-0.05, 0) is 25.3 Å². The number of amides is 1. The molecule has 1 aliphatic heterocycles. The van der Waals surface area contributed by atoms with Gasteiger partial charge in [-0.25, -0.2) is 8.42 Å². The zero-order valence-corrected chi connectivity index (χ0v) is 15.6. The van der Waals surface area contributed by atoms with Crippen molar-refractivity contribution >= 4 is 43.7 Å². The lowest BCUT2D eigenvalue weighted by Gasteiger charge is -2.25. The number of carbonyl (C=O) groups excluding carboxylic acids is 1. The van der Waals surface area contributed by atoms with E-state index in [0.29, 0.717) is 23.1 Å². The van der Waals surface area contributed by atoms with E-state index in [2.05, 4.69) is 15.5 Å². The number of aryl methyl sites for hydroxylation is 1. The first-order valence-corrected chi connectivity index (χ1v) is 10.9. The molecule has 0 atom stereocenters. The summed E-state index contributed by atoms with van der Waals surface area (Å²) < 4.78 is 26.7. The number of carbonyl (C=O) groups is 1. The second-order valence-electron chi connectivity index (χ2n) is 5.42.